The highest BCUT2D eigenvalue weighted by Crippen LogP contribution is 2.31. The Morgan fingerprint density at radius 2 is 1.52 bits per heavy atom. The van der Waals surface area contributed by atoms with Gasteiger partial charge in [-0.3, -0.25) is 4.79 Å². The maximum Gasteiger partial charge on any atom is 0.200 e. The summed E-state index contributed by atoms with van der Waals surface area (Å²) in [6.45, 7) is -0.125. The van der Waals surface area contributed by atoms with Crippen molar-refractivity contribution in [2.24, 2.45) is 0 Å². The monoisotopic (exact) mass is 382 g/mol. The molecule has 0 N–H and O–H groups in total. The second kappa shape index (κ2) is 8.60. The van der Waals surface area contributed by atoms with Crippen molar-refractivity contribution in [3.05, 3.63) is 77.3 Å². The first-order valence-corrected chi connectivity index (χ1v) is 8.73. The Morgan fingerprint density at radius 1 is 0.815 bits per heavy atom. The molecule has 0 unspecified atom stereocenters. The lowest BCUT2D eigenvalue weighted by atomic mass is 10.1. The van der Waals surface area contributed by atoms with Crippen LogP contribution in [0, 0.1) is 0 Å². The van der Waals surface area contributed by atoms with Crippen LogP contribution in [0.2, 0.25) is 5.02 Å². The minimum absolute atomic E-state index is 0.125. The molecule has 0 aliphatic heterocycles. The van der Waals surface area contributed by atoms with E-state index in [2.05, 4.69) is 0 Å². The minimum atomic E-state index is -0.181. The van der Waals surface area contributed by atoms with Crippen LogP contribution in [0.4, 0.5) is 0 Å². The topological polar surface area (TPSA) is 44.8 Å². The number of benzene rings is 3. The Balaban J connectivity index is 1.70. The molecule has 0 heterocycles. The van der Waals surface area contributed by atoms with Gasteiger partial charge in [-0.1, -0.05) is 48.0 Å². The molecule has 3 aromatic rings. The molecule has 4 nitrogen and oxygen atoms in total. The third kappa shape index (κ3) is 4.41. The number of Topliss-reactive ketones (excluding diaryl/α,β-unsaturated/α-hetero) is 1. The van der Waals surface area contributed by atoms with E-state index in [0.29, 0.717) is 27.8 Å². The first-order valence-electron chi connectivity index (χ1n) is 8.35. The number of hydrogen-bond donors (Lipinski definition) is 0. The van der Waals surface area contributed by atoms with Crippen molar-refractivity contribution in [3.8, 4) is 28.4 Å². The van der Waals surface area contributed by atoms with Crippen molar-refractivity contribution in [3.63, 3.8) is 0 Å². The van der Waals surface area contributed by atoms with Crippen LogP contribution in [-0.4, -0.2) is 26.6 Å². The summed E-state index contributed by atoms with van der Waals surface area (Å²) >= 11 is 6.32. The van der Waals surface area contributed by atoms with Gasteiger partial charge in [0.2, 0.25) is 0 Å². The normalized spacial score (nSPS) is 10.3. The molecule has 0 spiro atoms. The number of carbonyl (C=O) groups is 1. The Kier molecular flexibility index (Phi) is 5.99. The van der Waals surface area contributed by atoms with Gasteiger partial charge in [0.15, 0.2) is 23.9 Å². The molecule has 0 bridgehead atoms. The molecule has 0 atom stereocenters. The molecular weight excluding hydrogens is 364 g/mol. The van der Waals surface area contributed by atoms with Crippen molar-refractivity contribution in [1.29, 1.82) is 0 Å². The largest absolute Gasteiger partial charge is 0.493 e. The first kappa shape index (κ1) is 18.8. The van der Waals surface area contributed by atoms with Gasteiger partial charge in [0.1, 0.15) is 5.75 Å². The minimum Gasteiger partial charge on any atom is -0.493 e. The molecule has 0 saturated carbocycles. The van der Waals surface area contributed by atoms with Gasteiger partial charge in [-0.25, -0.2) is 0 Å². The van der Waals surface area contributed by atoms with E-state index < -0.39 is 0 Å². The summed E-state index contributed by atoms with van der Waals surface area (Å²) in [5, 5.41) is 0.455. The van der Waals surface area contributed by atoms with Gasteiger partial charge in [0.05, 0.1) is 19.2 Å². The maximum absolute atomic E-state index is 12.4. The standard InChI is InChI=1S/C22H19ClO4/c1-25-21-11-9-17(13-22(21)26-2)19(24)14-27-20-10-8-16(12-18(20)23)15-6-4-3-5-7-15/h3-13H,14H2,1-2H3. The number of ketones is 1. The lowest BCUT2D eigenvalue weighted by Gasteiger charge is -2.11. The fourth-order valence-corrected chi connectivity index (χ4v) is 2.90. The van der Waals surface area contributed by atoms with Gasteiger partial charge in [0, 0.05) is 5.56 Å². The lowest BCUT2D eigenvalue weighted by molar-refractivity contribution is 0.0921. The van der Waals surface area contributed by atoms with E-state index in [0.717, 1.165) is 11.1 Å². The van der Waals surface area contributed by atoms with E-state index in [1.165, 1.54) is 7.11 Å². The Hall–Kier alpha value is -2.98. The molecule has 3 aromatic carbocycles. The number of ether oxygens (including phenoxy) is 3. The van der Waals surface area contributed by atoms with Crippen LogP contribution in [0.15, 0.2) is 66.7 Å². The van der Waals surface area contributed by atoms with E-state index in [9.17, 15) is 4.79 Å². The Morgan fingerprint density at radius 3 is 2.19 bits per heavy atom. The van der Waals surface area contributed by atoms with Gasteiger partial charge in [-0.2, -0.15) is 0 Å². The molecule has 0 aliphatic rings. The smallest absolute Gasteiger partial charge is 0.200 e. The predicted octanol–water partition coefficient (Wildman–Crippen LogP) is 5.29. The van der Waals surface area contributed by atoms with Crippen molar-refractivity contribution in [1.82, 2.24) is 0 Å². The van der Waals surface area contributed by atoms with Crippen LogP contribution < -0.4 is 14.2 Å². The molecule has 138 valence electrons. The molecule has 0 aromatic heterocycles. The number of hydrogen-bond acceptors (Lipinski definition) is 4. The fraction of sp³-hybridized carbons (Fsp3) is 0.136. The zero-order valence-electron chi connectivity index (χ0n) is 15.1. The van der Waals surface area contributed by atoms with Crippen LogP contribution in [-0.2, 0) is 0 Å². The Labute approximate surface area is 163 Å². The highest BCUT2D eigenvalue weighted by Gasteiger charge is 2.13. The number of rotatable bonds is 7. The fourth-order valence-electron chi connectivity index (χ4n) is 2.66. The van der Waals surface area contributed by atoms with E-state index in [1.807, 2.05) is 42.5 Å². The highest BCUT2D eigenvalue weighted by molar-refractivity contribution is 6.32. The van der Waals surface area contributed by atoms with Gasteiger partial charge in [-0.05, 0) is 41.5 Å². The summed E-state index contributed by atoms with van der Waals surface area (Å²) in [5.74, 6) is 1.34. The van der Waals surface area contributed by atoms with E-state index in [1.54, 1.807) is 31.4 Å². The third-order valence-electron chi connectivity index (χ3n) is 4.10. The van der Waals surface area contributed by atoms with Crippen LogP contribution in [0.3, 0.4) is 0 Å². The third-order valence-corrected chi connectivity index (χ3v) is 4.40. The van der Waals surface area contributed by atoms with Crippen molar-refractivity contribution < 1.29 is 19.0 Å². The average Bonchev–Trinajstić information content (AvgIpc) is 2.72. The summed E-state index contributed by atoms with van der Waals surface area (Å²) in [6, 6.07) is 20.4. The van der Waals surface area contributed by atoms with Gasteiger partial charge < -0.3 is 14.2 Å². The van der Waals surface area contributed by atoms with Crippen LogP contribution >= 0.6 is 11.6 Å². The first-order chi connectivity index (χ1) is 13.1. The van der Waals surface area contributed by atoms with Gasteiger partial charge in [-0.15, -0.1) is 0 Å². The summed E-state index contributed by atoms with van der Waals surface area (Å²) in [4.78, 5) is 12.4. The van der Waals surface area contributed by atoms with Crippen LogP contribution in [0.5, 0.6) is 17.2 Å². The van der Waals surface area contributed by atoms with E-state index in [4.69, 9.17) is 25.8 Å². The van der Waals surface area contributed by atoms with Crippen LogP contribution in [0.25, 0.3) is 11.1 Å². The van der Waals surface area contributed by atoms with Crippen molar-refractivity contribution >= 4 is 17.4 Å². The second-order valence-electron chi connectivity index (χ2n) is 5.79. The van der Waals surface area contributed by atoms with Crippen molar-refractivity contribution in [2.45, 2.75) is 0 Å². The quantitative estimate of drug-likeness (QED) is 0.521. The number of carbonyl (C=O) groups excluding carboxylic acids is 1. The molecule has 27 heavy (non-hydrogen) atoms. The van der Waals surface area contributed by atoms with Gasteiger partial charge in [0.25, 0.3) is 0 Å². The lowest BCUT2D eigenvalue weighted by Crippen LogP contribution is -2.12. The maximum atomic E-state index is 12.4. The van der Waals surface area contributed by atoms with E-state index >= 15 is 0 Å². The molecule has 0 saturated heterocycles. The SMILES string of the molecule is COc1ccc(C(=O)COc2ccc(-c3ccccc3)cc2Cl)cc1OC. The van der Waals surface area contributed by atoms with Crippen LogP contribution in [0.1, 0.15) is 10.4 Å². The molecular formula is C22H19ClO4. The molecule has 0 radical (unpaired) electrons. The highest BCUT2D eigenvalue weighted by atomic mass is 35.5. The van der Waals surface area contributed by atoms with E-state index in [-0.39, 0.29) is 12.4 Å². The molecule has 3 rings (SSSR count). The predicted molar refractivity (Wildman–Crippen MR) is 106 cm³/mol. The van der Waals surface area contributed by atoms with Gasteiger partial charge >= 0.3 is 0 Å². The summed E-state index contributed by atoms with van der Waals surface area (Å²) in [6.07, 6.45) is 0. The van der Waals surface area contributed by atoms with Crippen molar-refractivity contribution in [2.75, 3.05) is 20.8 Å². The molecule has 5 heteroatoms. The molecule has 0 aliphatic carbocycles. The second-order valence-corrected chi connectivity index (χ2v) is 6.20. The summed E-state index contributed by atoms with van der Waals surface area (Å²) < 4.78 is 16.0. The number of methoxy groups -OCH3 is 2. The summed E-state index contributed by atoms with van der Waals surface area (Å²) in [5.41, 5.74) is 2.52. The summed E-state index contributed by atoms with van der Waals surface area (Å²) in [7, 11) is 3.07. The zero-order valence-corrected chi connectivity index (χ0v) is 15.8. The molecule has 0 amide bonds. The Bertz CT molecular complexity index is 938. The molecule has 0 fully saturated rings. The zero-order chi connectivity index (χ0) is 19.2. The number of halogens is 1. The average molecular weight is 383 g/mol.